The Bertz CT molecular complexity index is 943. The summed E-state index contributed by atoms with van der Waals surface area (Å²) in [7, 11) is 0. The van der Waals surface area contributed by atoms with Gasteiger partial charge >= 0.3 is 0 Å². The van der Waals surface area contributed by atoms with E-state index in [2.05, 4.69) is 34.5 Å². The highest BCUT2D eigenvalue weighted by Crippen LogP contribution is 2.36. The fourth-order valence-electron chi connectivity index (χ4n) is 2.85. The van der Waals surface area contributed by atoms with Crippen LogP contribution in [0.15, 0.2) is 76.9 Å². The molecule has 0 aromatic heterocycles. The number of fused-ring (bicyclic) bond motifs is 3. The van der Waals surface area contributed by atoms with Crippen LogP contribution < -0.4 is 0 Å². The molecular formula is C20H12Cl2N2. The van der Waals surface area contributed by atoms with Crippen molar-refractivity contribution in [2.45, 2.75) is 0 Å². The number of nitrogens with zero attached hydrogens (tertiary/aromatic N) is 2. The molecule has 0 bridgehead atoms. The van der Waals surface area contributed by atoms with Crippen LogP contribution in [0.5, 0.6) is 0 Å². The molecule has 0 spiro atoms. The molecule has 1 aliphatic carbocycles. The van der Waals surface area contributed by atoms with Gasteiger partial charge in [-0.2, -0.15) is 5.10 Å². The molecule has 0 saturated heterocycles. The van der Waals surface area contributed by atoms with Crippen LogP contribution in [0.4, 0.5) is 0 Å². The second-order valence-electron chi connectivity index (χ2n) is 5.46. The number of hydrogen-bond acceptors (Lipinski definition) is 2. The van der Waals surface area contributed by atoms with Crippen LogP contribution in [0.1, 0.15) is 16.7 Å². The number of rotatable bonds is 2. The summed E-state index contributed by atoms with van der Waals surface area (Å²) in [6.45, 7) is 0. The zero-order chi connectivity index (χ0) is 16.5. The van der Waals surface area contributed by atoms with Crippen LogP contribution in [0.3, 0.4) is 0 Å². The molecule has 0 amide bonds. The summed E-state index contributed by atoms with van der Waals surface area (Å²) in [5.74, 6) is 0. The van der Waals surface area contributed by atoms with Gasteiger partial charge in [0.05, 0.1) is 16.3 Å². The van der Waals surface area contributed by atoms with Crippen LogP contribution in [-0.4, -0.2) is 11.9 Å². The largest absolute Gasteiger partial charge is 0.158 e. The zero-order valence-corrected chi connectivity index (χ0v) is 14.1. The second-order valence-corrected chi connectivity index (χ2v) is 6.27. The van der Waals surface area contributed by atoms with Crippen molar-refractivity contribution in [1.82, 2.24) is 0 Å². The molecule has 4 rings (SSSR count). The standard InChI is InChI=1S/C20H12Cl2N2/c21-18-10-9-13(11-19(18)22)12-23-24-20-16-7-3-1-5-14(16)15-6-2-4-8-17(15)20/h1-12H/b23-12-. The van der Waals surface area contributed by atoms with Crippen LogP contribution in [0.25, 0.3) is 11.1 Å². The minimum absolute atomic E-state index is 0.504. The first-order valence-electron chi connectivity index (χ1n) is 7.49. The van der Waals surface area contributed by atoms with Crippen molar-refractivity contribution in [2.75, 3.05) is 0 Å². The lowest BCUT2D eigenvalue weighted by atomic mass is 10.1. The Labute approximate surface area is 150 Å². The van der Waals surface area contributed by atoms with Crippen molar-refractivity contribution < 1.29 is 0 Å². The minimum atomic E-state index is 0.504. The Morgan fingerprint density at radius 2 is 1.25 bits per heavy atom. The lowest BCUT2D eigenvalue weighted by Gasteiger charge is -1.99. The van der Waals surface area contributed by atoms with Gasteiger partial charge in [0.25, 0.3) is 0 Å². The van der Waals surface area contributed by atoms with Crippen LogP contribution >= 0.6 is 23.2 Å². The van der Waals surface area contributed by atoms with Gasteiger partial charge in [-0.3, -0.25) is 0 Å². The molecule has 0 saturated carbocycles. The Kier molecular flexibility index (Phi) is 3.93. The third-order valence-electron chi connectivity index (χ3n) is 3.96. The summed E-state index contributed by atoms with van der Waals surface area (Å²) in [5.41, 5.74) is 6.33. The molecule has 0 aliphatic heterocycles. The SMILES string of the molecule is Clc1ccc(/C=N\N=C2c3ccccc3-c3ccccc32)cc1Cl. The molecule has 2 nitrogen and oxygen atoms in total. The topological polar surface area (TPSA) is 24.7 Å². The molecule has 0 atom stereocenters. The van der Waals surface area contributed by atoms with Gasteiger partial charge in [-0.05, 0) is 28.8 Å². The van der Waals surface area contributed by atoms with Crippen molar-refractivity contribution in [3.63, 3.8) is 0 Å². The van der Waals surface area contributed by atoms with E-state index in [1.807, 2.05) is 30.3 Å². The van der Waals surface area contributed by atoms with Crippen molar-refractivity contribution in [2.24, 2.45) is 10.2 Å². The van der Waals surface area contributed by atoms with Gasteiger partial charge < -0.3 is 0 Å². The summed E-state index contributed by atoms with van der Waals surface area (Å²) in [5, 5.41) is 9.75. The maximum absolute atomic E-state index is 6.02. The van der Waals surface area contributed by atoms with Gasteiger partial charge in [-0.1, -0.05) is 77.8 Å². The Morgan fingerprint density at radius 3 is 1.83 bits per heavy atom. The first-order valence-corrected chi connectivity index (χ1v) is 8.25. The molecule has 24 heavy (non-hydrogen) atoms. The van der Waals surface area contributed by atoms with E-state index in [0.29, 0.717) is 10.0 Å². The van der Waals surface area contributed by atoms with Crippen LogP contribution in [-0.2, 0) is 0 Å². The molecule has 0 N–H and O–H groups in total. The molecule has 0 unspecified atom stereocenters. The highest BCUT2D eigenvalue weighted by Gasteiger charge is 2.23. The van der Waals surface area contributed by atoms with E-state index in [0.717, 1.165) is 22.4 Å². The third kappa shape index (κ3) is 2.64. The number of hydrogen-bond donors (Lipinski definition) is 0. The van der Waals surface area contributed by atoms with Gasteiger partial charge in [0.2, 0.25) is 0 Å². The predicted molar refractivity (Wildman–Crippen MR) is 102 cm³/mol. The molecule has 0 heterocycles. The molecule has 3 aromatic rings. The van der Waals surface area contributed by atoms with Gasteiger partial charge in [0.1, 0.15) is 5.71 Å². The van der Waals surface area contributed by atoms with Crippen molar-refractivity contribution in [1.29, 1.82) is 0 Å². The molecule has 0 fully saturated rings. The molecule has 1 aliphatic rings. The second kappa shape index (κ2) is 6.23. The quantitative estimate of drug-likeness (QED) is 0.320. The van der Waals surface area contributed by atoms with E-state index in [1.54, 1.807) is 18.3 Å². The molecule has 4 heteroatoms. The van der Waals surface area contributed by atoms with E-state index in [-0.39, 0.29) is 0 Å². The van der Waals surface area contributed by atoms with Crippen LogP contribution in [0, 0.1) is 0 Å². The highest BCUT2D eigenvalue weighted by atomic mass is 35.5. The van der Waals surface area contributed by atoms with E-state index in [1.165, 1.54) is 11.1 Å². The Hall–Kier alpha value is -2.42. The van der Waals surface area contributed by atoms with Gasteiger partial charge in [-0.15, -0.1) is 5.10 Å². The third-order valence-corrected chi connectivity index (χ3v) is 4.70. The molecule has 0 radical (unpaired) electrons. The Morgan fingerprint density at radius 1 is 0.667 bits per heavy atom. The van der Waals surface area contributed by atoms with E-state index < -0.39 is 0 Å². The summed E-state index contributed by atoms with van der Waals surface area (Å²) in [6, 6.07) is 21.8. The first kappa shape index (κ1) is 15.1. The molecule has 3 aromatic carbocycles. The van der Waals surface area contributed by atoms with E-state index in [9.17, 15) is 0 Å². The maximum Gasteiger partial charge on any atom is 0.101 e. The summed E-state index contributed by atoms with van der Waals surface area (Å²) < 4.78 is 0. The summed E-state index contributed by atoms with van der Waals surface area (Å²) in [4.78, 5) is 0. The van der Waals surface area contributed by atoms with E-state index in [4.69, 9.17) is 23.2 Å². The fourth-order valence-corrected chi connectivity index (χ4v) is 3.15. The molecule has 116 valence electrons. The highest BCUT2D eigenvalue weighted by molar-refractivity contribution is 6.42. The molecular weight excluding hydrogens is 339 g/mol. The number of benzene rings is 3. The smallest absolute Gasteiger partial charge is 0.101 e. The number of halogens is 2. The van der Waals surface area contributed by atoms with Crippen molar-refractivity contribution in [3.05, 3.63) is 93.5 Å². The monoisotopic (exact) mass is 350 g/mol. The van der Waals surface area contributed by atoms with Crippen LogP contribution in [0.2, 0.25) is 10.0 Å². The fraction of sp³-hybridized carbons (Fsp3) is 0. The minimum Gasteiger partial charge on any atom is -0.158 e. The maximum atomic E-state index is 6.02. The lowest BCUT2D eigenvalue weighted by molar-refractivity contribution is 1.25. The normalized spacial score (nSPS) is 12.3. The van der Waals surface area contributed by atoms with Crippen molar-refractivity contribution in [3.8, 4) is 11.1 Å². The average Bonchev–Trinajstić information content (AvgIpc) is 2.93. The van der Waals surface area contributed by atoms with Gasteiger partial charge in [-0.25, -0.2) is 0 Å². The van der Waals surface area contributed by atoms with Gasteiger partial charge in [0, 0.05) is 11.1 Å². The lowest BCUT2D eigenvalue weighted by Crippen LogP contribution is -1.97. The average molecular weight is 351 g/mol. The Balaban J connectivity index is 1.74. The van der Waals surface area contributed by atoms with Crippen molar-refractivity contribution >= 4 is 35.1 Å². The summed E-state index contributed by atoms with van der Waals surface area (Å²) >= 11 is 12.0. The van der Waals surface area contributed by atoms with E-state index >= 15 is 0 Å². The first-order chi connectivity index (χ1) is 11.7. The predicted octanol–water partition coefficient (Wildman–Crippen LogP) is 5.85. The zero-order valence-electron chi connectivity index (χ0n) is 12.6. The summed E-state index contributed by atoms with van der Waals surface area (Å²) in [6.07, 6.45) is 1.68. The van der Waals surface area contributed by atoms with Gasteiger partial charge in [0.15, 0.2) is 0 Å².